The molecule has 1 N–H and O–H groups in total. The van der Waals surface area contributed by atoms with Crippen LogP contribution in [0.3, 0.4) is 0 Å². The molecule has 0 bridgehead atoms. The minimum absolute atomic E-state index is 0.0859. The number of anilines is 1. The molecule has 0 aromatic heterocycles. The van der Waals surface area contributed by atoms with Crippen LogP contribution in [0.15, 0.2) is 53.4 Å². The second kappa shape index (κ2) is 6.76. The van der Waals surface area contributed by atoms with Crippen LogP contribution in [0.25, 0.3) is 0 Å². The van der Waals surface area contributed by atoms with Gasteiger partial charge in [0.1, 0.15) is 5.82 Å². The van der Waals surface area contributed by atoms with Crippen molar-refractivity contribution in [3.05, 3.63) is 59.9 Å². The van der Waals surface area contributed by atoms with E-state index in [-0.39, 0.29) is 16.1 Å². The first-order valence-corrected chi connectivity index (χ1v) is 8.02. The van der Waals surface area contributed by atoms with Gasteiger partial charge in [-0.25, -0.2) is 17.9 Å². The molecule has 0 saturated heterocycles. The van der Waals surface area contributed by atoms with Crippen molar-refractivity contribution in [2.75, 3.05) is 18.9 Å². The van der Waals surface area contributed by atoms with Gasteiger partial charge in [-0.15, -0.1) is 0 Å². The smallest absolute Gasteiger partial charge is 0.277 e. The Hall–Kier alpha value is -2.45. The summed E-state index contributed by atoms with van der Waals surface area (Å²) in [6, 6.07) is 10.4. The van der Waals surface area contributed by atoms with E-state index in [4.69, 9.17) is 4.84 Å². The average Bonchev–Trinajstić information content (AvgIpc) is 2.55. The molecular formula is C15H15FN2O4S. The van der Waals surface area contributed by atoms with Gasteiger partial charge in [0.15, 0.2) is 0 Å². The van der Waals surface area contributed by atoms with E-state index in [1.54, 1.807) is 0 Å². The monoisotopic (exact) mass is 338 g/mol. The second-order valence-electron chi connectivity index (χ2n) is 4.63. The van der Waals surface area contributed by atoms with Crippen LogP contribution in [0.2, 0.25) is 0 Å². The second-order valence-corrected chi connectivity index (χ2v) is 6.31. The molecule has 0 heterocycles. The van der Waals surface area contributed by atoms with E-state index >= 15 is 0 Å². The molecule has 8 heteroatoms. The molecule has 23 heavy (non-hydrogen) atoms. The van der Waals surface area contributed by atoms with Crippen LogP contribution < -0.4 is 4.72 Å². The van der Waals surface area contributed by atoms with E-state index in [0.29, 0.717) is 0 Å². The summed E-state index contributed by atoms with van der Waals surface area (Å²) in [5.74, 6) is -0.950. The van der Waals surface area contributed by atoms with Gasteiger partial charge in [0.05, 0.1) is 12.0 Å². The fraction of sp³-hybridized carbons (Fsp3) is 0.133. The molecule has 0 aliphatic rings. The average molecular weight is 338 g/mol. The highest BCUT2D eigenvalue weighted by Crippen LogP contribution is 2.18. The number of carbonyl (C=O) groups excluding carboxylic acids is 1. The lowest BCUT2D eigenvalue weighted by molar-refractivity contribution is -0.0757. The van der Waals surface area contributed by atoms with Gasteiger partial charge in [0, 0.05) is 18.3 Å². The highest BCUT2D eigenvalue weighted by molar-refractivity contribution is 7.92. The third-order valence-corrected chi connectivity index (χ3v) is 4.43. The summed E-state index contributed by atoms with van der Waals surface area (Å²) in [5.41, 5.74) is 0.383. The Balaban J connectivity index is 2.29. The number of sulfonamides is 1. The molecule has 0 aliphatic heterocycles. The van der Waals surface area contributed by atoms with Crippen LogP contribution >= 0.6 is 0 Å². The summed E-state index contributed by atoms with van der Waals surface area (Å²) < 4.78 is 39.9. The van der Waals surface area contributed by atoms with Gasteiger partial charge in [0.25, 0.3) is 15.9 Å². The zero-order valence-electron chi connectivity index (χ0n) is 12.5. The number of hydrogen-bond donors (Lipinski definition) is 1. The number of hydrogen-bond acceptors (Lipinski definition) is 4. The predicted molar refractivity (Wildman–Crippen MR) is 82.8 cm³/mol. The first-order valence-electron chi connectivity index (χ1n) is 6.54. The first-order chi connectivity index (χ1) is 10.8. The molecule has 2 aromatic carbocycles. The minimum Gasteiger partial charge on any atom is -0.280 e. The summed E-state index contributed by atoms with van der Waals surface area (Å²) in [7, 11) is -1.15. The van der Waals surface area contributed by atoms with E-state index in [1.807, 2.05) is 0 Å². The van der Waals surface area contributed by atoms with Gasteiger partial charge in [-0.05, 0) is 42.5 Å². The van der Waals surface area contributed by atoms with Crippen molar-refractivity contribution in [2.45, 2.75) is 4.90 Å². The third kappa shape index (κ3) is 4.05. The number of amides is 1. The molecular weight excluding hydrogens is 323 g/mol. The molecule has 1 amide bonds. The Morgan fingerprint density at radius 3 is 2.43 bits per heavy atom. The van der Waals surface area contributed by atoms with Gasteiger partial charge >= 0.3 is 0 Å². The number of nitrogens with one attached hydrogen (secondary N) is 1. The van der Waals surface area contributed by atoms with Crippen molar-refractivity contribution in [1.82, 2.24) is 5.06 Å². The molecule has 0 unspecified atom stereocenters. The Morgan fingerprint density at radius 2 is 1.83 bits per heavy atom. The van der Waals surface area contributed by atoms with E-state index in [1.165, 1.54) is 50.6 Å². The molecule has 0 fully saturated rings. The molecule has 0 atom stereocenters. The normalized spacial score (nSPS) is 11.1. The molecule has 0 radical (unpaired) electrons. The maximum absolute atomic E-state index is 12.9. The fourth-order valence-corrected chi connectivity index (χ4v) is 2.90. The van der Waals surface area contributed by atoms with E-state index in [2.05, 4.69) is 4.72 Å². The maximum atomic E-state index is 12.9. The highest BCUT2D eigenvalue weighted by Gasteiger charge is 2.18. The zero-order chi connectivity index (χ0) is 17.0. The molecule has 0 saturated carbocycles. The Morgan fingerprint density at radius 1 is 1.17 bits per heavy atom. The topological polar surface area (TPSA) is 75.7 Å². The molecule has 2 rings (SSSR count). The first kappa shape index (κ1) is 16.9. The number of benzene rings is 2. The number of nitrogens with zero attached hydrogens (tertiary/aromatic N) is 1. The van der Waals surface area contributed by atoms with Crippen molar-refractivity contribution in [3.63, 3.8) is 0 Å². The Kier molecular flexibility index (Phi) is 4.97. The lowest BCUT2D eigenvalue weighted by Crippen LogP contribution is -2.25. The standard InChI is InChI=1S/C15H15FN2O4S/c1-18(22-2)15(19)11-4-3-5-14(10-11)23(20,21)17-13-8-6-12(16)7-9-13/h3-10,17H,1-2H3. The number of halogens is 1. The zero-order valence-corrected chi connectivity index (χ0v) is 13.3. The van der Waals surface area contributed by atoms with Crippen molar-refractivity contribution in [3.8, 4) is 0 Å². The van der Waals surface area contributed by atoms with Gasteiger partial charge in [-0.1, -0.05) is 6.07 Å². The summed E-state index contributed by atoms with van der Waals surface area (Å²) in [6.07, 6.45) is 0. The number of rotatable bonds is 5. The van der Waals surface area contributed by atoms with Crippen LogP contribution in [0, 0.1) is 5.82 Å². The lowest BCUT2D eigenvalue weighted by atomic mass is 10.2. The van der Waals surface area contributed by atoms with Gasteiger partial charge in [0.2, 0.25) is 0 Å². The Bertz CT molecular complexity index is 806. The quantitative estimate of drug-likeness (QED) is 0.849. The van der Waals surface area contributed by atoms with Crippen LogP contribution in [-0.4, -0.2) is 33.5 Å². The molecule has 2 aromatic rings. The van der Waals surface area contributed by atoms with Gasteiger partial charge < -0.3 is 0 Å². The number of carbonyl (C=O) groups is 1. The fourth-order valence-electron chi connectivity index (χ4n) is 1.79. The van der Waals surface area contributed by atoms with Crippen molar-refractivity contribution in [2.24, 2.45) is 0 Å². The van der Waals surface area contributed by atoms with E-state index in [0.717, 1.165) is 17.2 Å². The van der Waals surface area contributed by atoms with Crippen LogP contribution in [-0.2, 0) is 14.9 Å². The van der Waals surface area contributed by atoms with Gasteiger partial charge in [-0.3, -0.25) is 14.4 Å². The summed E-state index contributed by atoms with van der Waals surface area (Å²) >= 11 is 0. The van der Waals surface area contributed by atoms with E-state index in [9.17, 15) is 17.6 Å². The van der Waals surface area contributed by atoms with Crippen LogP contribution in [0.5, 0.6) is 0 Å². The third-order valence-electron chi connectivity index (χ3n) is 3.05. The van der Waals surface area contributed by atoms with Crippen molar-refractivity contribution < 1.29 is 22.4 Å². The number of hydroxylamine groups is 2. The van der Waals surface area contributed by atoms with E-state index < -0.39 is 21.7 Å². The SMILES string of the molecule is CON(C)C(=O)c1cccc(S(=O)(=O)Nc2ccc(F)cc2)c1. The largest absolute Gasteiger partial charge is 0.280 e. The molecule has 6 nitrogen and oxygen atoms in total. The lowest BCUT2D eigenvalue weighted by Gasteiger charge is -2.14. The summed E-state index contributed by atoms with van der Waals surface area (Å²) in [6.45, 7) is 0. The van der Waals surface area contributed by atoms with Crippen LogP contribution in [0.1, 0.15) is 10.4 Å². The van der Waals surface area contributed by atoms with Gasteiger partial charge in [-0.2, -0.15) is 0 Å². The maximum Gasteiger partial charge on any atom is 0.277 e. The molecule has 122 valence electrons. The Labute approximate surface area is 133 Å². The predicted octanol–water partition coefficient (Wildman–Crippen LogP) is 2.26. The van der Waals surface area contributed by atoms with Crippen LogP contribution in [0.4, 0.5) is 10.1 Å². The molecule has 0 spiro atoms. The summed E-state index contributed by atoms with van der Waals surface area (Å²) in [4.78, 5) is 16.7. The van der Waals surface area contributed by atoms with Crippen molar-refractivity contribution >= 4 is 21.6 Å². The highest BCUT2D eigenvalue weighted by atomic mass is 32.2. The minimum atomic E-state index is -3.90. The summed E-state index contributed by atoms with van der Waals surface area (Å²) in [5, 5.41) is 0.985. The molecule has 0 aliphatic carbocycles. The van der Waals surface area contributed by atoms with Crippen molar-refractivity contribution in [1.29, 1.82) is 0 Å².